The van der Waals surface area contributed by atoms with Crippen LogP contribution < -0.4 is 9.47 Å². The summed E-state index contributed by atoms with van der Waals surface area (Å²) in [5.74, 6) is -1.23. The van der Waals surface area contributed by atoms with Gasteiger partial charge in [-0.2, -0.15) is 13.2 Å². The zero-order valence-electron chi connectivity index (χ0n) is 12.9. The average molecular weight is 347 g/mol. The molecule has 1 aliphatic rings. The largest absolute Gasteiger partial charge is 0.477 e. The summed E-state index contributed by atoms with van der Waals surface area (Å²) in [6, 6.07) is 2.20. The maximum absolute atomic E-state index is 12.4. The van der Waals surface area contributed by atoms with Gasteiger partial charge in [-0.25, -0.2) is 0 Å². The predicted molar refractivity (Wildman–Crippen MR) is 77.0 cm³/mol. The Morgan fingerprint density at radius 3 is 2.50 bits per heavy atom. The van der Waals surface area contributed by atoms with Crippen molar-refractivity contribution in [1.29, 1.82) is 0 Å². The molecule has 0 N–H and O–H groups in total. The third-order valence-corrected chi connectivity index (χ3v) is 3.78. The topological polar surface area (TPSA) is 78.7 Å². The Labute approximate surface area is 135 Å². The summed E-state index contributed by atoms with van der Waals surface area (Å²) in [5.41, 5.74) is -0.527. The van der Waals surface area contributed by atoms with Crippen molar-refractivity contribution >= 4 is 11.7 Å². The zero-order valence-corrected chi connectivity index (χ0v) is 12.9. The first-order valence-corrected chi connectivity index (χ1v) is 7.44. The first-order chi connectivity index (χ1) is 11.2. The Bertz CT molecular complexity index is 641. The van der Waals surface area contributed by atoms with E-state index in [1.807, 2.05) is 0 Å². The lowest BCUT2D eigenvalue weighted by Gasteiger charge is -2.24. The third-order valence-electron chi connectivity index (χ3n) is 3.78. The van der Waals surface area contributed by atoms with Gasteiger partial charge >= 0.3 is 17.8 Å². The minimum Gasteiger partial charge on any atom is -0.477 e. The van der Waals surface area contributed by atoms with Gasteiger partial charge in [0.05, 0.1) is 10.8 Å². The summed E-state index contributed by atoms with van der Waals surface area (Å²) in [5, 5.41) is 11.0. The fourth-order valence-electron chi connectivity index (χ4n) is 2.32. The summed E-state index contributed by atoms with van der Waals surface area (Å²) in [7, 11) is 0. The number of nitrogens with zero attached hydrogens (tertiary/aromatic N) is 1. The first-order valence-electron chi connectivity index (χ1n) is 7.44. The highest BCUT2D eigenvalue weighted by atomic mass is 19.4. The van der Waals surface area contributed by atoms with Crippen molar-refractivity contribution in [2.75, 3.05) is 6.61 Å². The van der Waals surface area contributed by atoms with E-state index >= 15 is 0 Å². The molecule has 0 atom stereocenters. The van der Waals surface area contributed by atoms with E-state index in [0.29, 0.717) is 12.8 Å². The third kappa shape index (κ3) is 4.15. The van der Waals surface area contributed by atoms with E-state index in [2.05, 4.69) is 4.74 Å². The number of nitro benzene ring substituents is 1. The number of hydrogen-bond donors (Lipinski definition) is 0. The number of carbonyl (C=O) groups is 1. The molecule has 0 aliphatic heterocycles. The van der Waals surface area contributed by atoms with E-state index in [1.165, 1.54) is 6.07 Å². The normalized spacial score (nSPS) is 14.8. The molecule has 0 heterocycles. The average Bonchev–Trinajstić information content (AvgIpc) is 2.41. The molecule has 9 heteroatoms. The van der Waals surface area contributed by atoms with Crippen molar-refractivity contribution in [2.24, 2.45) is 5.92 Å². The van der Waals surface area contributed by atoms with Crippen LogP contribution >= 0.6 is 0 Å². The van der Waals surface area contributed by atoms with Crippen molar-refractivity contribution in [3.8, 4) is 11.5 Å². The van der Waals surface area contributed by atoms with E-state index in [1.54, 1.807) is 6.92 Å². The van der Waals surface area contributed by atoms with Crippen molar-refractivity contribution in [3.63, 3.8) is 0 Å². The van der Waals surface area contributed by atoms with Crippen LogP contribution in [-0.4, -0.2) is 23.7 Å². The molecule has 0 spiro atoms. The molecule has 0 bridgehead atoms. The fraction of sp³-hybridized carbons (Fsp3) is 0.533. The standard InChI is InChI=1S/C15H16F3NO5/c1-2-10-12(24-14(20)9-4-3-5-9)7-6-11(19(21)22)13(10)23-8-15(16,17)18/h6-7,9H,2-5,8H2,1H3. The van der Waals surface area contributed by atoms with Crippen molar-refractivity contribution in [3.05, 3.63) is 27.8 Å². The molecule has 0 amide bonds. The Morgan fingerprint density at radius 1 is 1.38 bits per heavy atom. The van der Waals surface area contributed by atoms with Gasteiger partial charge in [-0.05, 0) is 25.3 Å². The second-order valence-electron chi connectivity index (χ2n) is 5.45. The predicted octanol–water partition coefficient (Wildman–Crippen LogP) is 3.80. The van der Waals surface area contributed by atoms with Crippen LogP contribution in [0.5, 0.6) is 11.5 Å². The molecular formula is C15H16F3NO5. The SMILES string of the molecule is CCc1c(OC(=O)C2CCC2)ccc([N+](=O)[O-])c1OCC(F)(F)F. The van der Waals surface area contributed by atoms with Crippen LogP contribution in [0.1, 0.15) is 31.7 Å². The number of rotatable bonds is 6. The van der Waals surface area contributed by atoms with Gasteiger partial charge in [-0.3, -0.25) is 14.9 Å². The maximum Gasteiger partial charge on any atom is 0.422 e. The van der Waals surface area contributed by atoms with E-state index in [-0.39, 0.29) is 23.7 Å². The molecule has 0 saturated heterocycles. The molecule has 0 radical (unpaired) electrons. The second kappa shape index (κ2) is 7.06. The van der Waals surface area contributed by atoms with Crippen molar-refractivity contribution < 1.29 is 32.4 Å². The van der Waals surface area contributed by atoms with E-state index in [9.17, 15) is 28.1 Å². The number of nitro groups is 1. The number of esters is 1. The van der Waals surface area contributed by atoms with Crippen LogP contribution in [0.3, 0.4) is 0 Å². The minimum absolute atomic E-state index is 0.00262. The van der Waals surface area contributed by atoms with Crippen LogP contribution in [0.15, 0.2) is 12.1 Å². The van der Waals surface area contributed by atoms with Gasteiger partial charge in [0.15, 0.2) is 6.61 Å². The monoisotopic (exact) mass is 347 g/mol. The highest BCUT2D eigenvalue weighted by molar-refractivity contribution is 5.77. The van der Waals surface area contributed by atoms with Crippen LogP contribution in [0.4, 0.5) is 18.9 Å². The van der Waals surface area contributed by atoms with Crippen LogP contribution in [-0.2, 0) is 11.2 Å². The Morgan fingerprint density at radius 2 is 2.04 bits per heavy atom. The van der Waals surface area contributed by atoms with Gasteiger partial charge in [-0.15, -0.1) is 0 Å². The van der Waals surface area contributed by atoms with E-state index in [4.69, 9.17) is 4.74 Å². The molecule has 132 valence electrons. The number of alkyl halides is 3. The van der Waals surface area contributed by atoms with Gasteiger partial charge in [-0.1, -0.05) is 13.3 Å². The Hall–Kier alpha value is -2.32. The second-order valence-corrected chi connectivity index (χ2v) is 5.45. The van der Waals surface area contributed by atoms with Gasteiger partial charge in [0, 0.05) is 11.6 Å². The van der Waals surface area contributed by atoms with Gasteiger partial charge in [0.1, 0.15) is 5.75 Å². The number of carbonyl (C=O) groups excluding carboxylic acids is 1. The smallest absolute Gasteiger partial charge is 0.422 e. The maximum atomic E-state index is 12.4. The lowest BCUT2D eigenvalue weighted by Crippen LogP contribution is -2.26. The van der Waals surface area contributed by atoms with Crippen LogP contribution in [0.2, 0.25) is 0 Å². The first kappa shape index (κ1) is 18.0. The molecule has 0 unspecified atom stereocenters. The van der Waals surface area contributed by atoms with E-state index in [0.717, 1.165) is 12.5 Å². The lowest BCUT2D eigenvalue weighted by atomic mass is 9.86. The quantitative estimate of drug-likeness (QED) is 0.338. The summed E-state index contributed by atoms with van der Waals surface area (Å²) < 4.78 is 47.1. The molecule has 0 aromatic heterocycles. The van der Waals surface area contributed by atoms with E-state index < -0.39 is 35.1 Å². The molecule has 24 heavy (non-hydrogen) atoms. The van der Waals surface area contributed by atoms with Gasteiger partial charge in [0.2, 0.25) is 5.75 Å². The summed E-state index contributed by atoms with van der Waals surface area (Å²) in [6.07, 6.45) is -2.21. The molecule has 1 saturated carbocycles. The van der Waals surface area contributed by atoms with Gasteiger partial charge in [0.25, 0.3) is 0 Å². The molecule has 1 aromatic carbocycles. The Balaban J connectivity index is 2.34. The number of benzene rings is 1. The molecule has 1 aromatic rings. The molecular weight excluding hydrogens is 331 g/mol. The van der Waals surface area contributed by atoms with Gasteiger partial charge < -0.3 is 9.47 Å². The van der Waals surface area contributed by atoms with Crippen LogP contribution in [0, 0.1) is 16.0 Å². The summed E-state index contributed by atoms with van der Waals surface area (Å²) in [6.45, 7) is -0.0823. The van der Waals surface area contributed by atoms with Crippen molar-refractivity contribution in [2.45, 2.75) is 38.8 Å². The highest BCUT2D eigenvalue weighted by Crippen LogP contribution is 2.39. The Kier molecular flexibility index (Phi) is 5.30. The zero-order chi connectivity index (χ0) is 17.9. The lowest BCUT2D eigenvalue weighted by molar-refractivity contribution is -0.386. The fourth-order valence-corrected chi connectivity index (χ4v) is 2.32. The van der Waals surface area contributed by atoms with Crippen molar-refractivity contribution in [1.82, 2.24) is 0 Å². The highest BCUT2D eigenvalue weighted by Gasteiger charge is 2.33. The molecule has 6 nitrogen and oxygen atoms in total. The van der Waals surface area contributed by atoms with Crippen LogP contribution in [0.25, 0.3) is 0 Å². The summed E-state index contributed by atoms with van der Waals surface area (Å²) in [4.78, 5) is 22.2. The minimum atomic E-state index is -4.64. The summed E-state index contributed by atoms with van der Waals surface area (Å²) >= 11 is 0. The number of ether oxygens (including phenoxy) is 2. The molecule has 2 rings (SSSR count). The number of halogens is 3. The molecule has 1 aliphatic carbocycles. The molecule has 1 fully saturated rings. The number of hydrogen-bond acceptors (Lipinski definition) is 5.